The van der Waals surface area contributed by atoms with Crippen LogP contribution in [0.15, 0.2) is 200 Å². The van der Waals surface area contributed by atoms with Crippen LogP contribution in [0.1, 0.15) is 0 Å². The maximum atomic E-state index is 2.45. The molecular formula is C48H33N. The number of hydrogen-bond donors (Lipinski definition) is 0. The van der Waals surface area contributed by atoms with Gasteiger partial charge in [0.25, 0.3) is 0 Å². The van der Waals surface area contributed by atoms with Crippen LogP contribution in [0.4, 0.5) is 0 Å². The minimum absolute atomic E-state index is 1.14. The standard InChI is InChI=1S/C48H33N/c1-4-12-34(13-5-1)37-20-22-39(23-21-37)40-28-30-43(31-29-40)49-47-19-11-10-18-44(47)46-33-42(36-16-8-3-9-17-36)32-45(48(46)49)41-26-24-38(25-27-41)35-14-6-2-7-15-35/h1-33H. The number of hydrogen-bond acceptors (Lipinski definition) is 0. The SMILES string of the molecule is c1ccc(-c2ccc(-c3ccc(-n4c5ccccc5c5cc(-c6ccccc6)cc(-c6ccc(-c7ccccc7)cc6)c54)cc3)cc2)cc1. The summed E-state index contributed by atoms with van der Waals surface area (Å²) in [6.45, 7) is 0. The summed E-state index contributed by atoms with van der Waals surface area (Å²) in [5, 5.41) is 2.50. The number of rotatable bonds is 6. The maximum absolute atomic E-state index is 2.45. The molecule has 0 aliphatic carbocycles. The minimum Gasteiger partial charge on any atom is -0.309 e. The lowest BCUT2D eigenvalue weighted by molar-refractivity contribution is 1.18. The molecule has 1 aromatic heterocycles. The van der Waals surface area contributed by atoms with Gasteiger partial charge in [0.15, 0.2) is 0 Å². The van der Waals surface area contributed by atoms with Crippen LogP contribution in [-0.4, -0.2) is 4.57 Å². The van der Waals surface area contributed by atoms with E-state index in [0.29, 0.717) is 0 Å². The summed E-state index contributed by atoms with van der Waals surface area (Å²) in [5.74, 6) is 0. The Morgan fingerprint density at radius 1 is 0.265 bits per heavy atom. The van der Waals surface area contributed by atoms with Crippen molar-refractivity contribution < 1.29 is 0 Å². The molecule has 0 aliphatic rings. The summed E-state index contributed by atoms with van der Waals surface area (Å²) in [4.78, 5) is 0. The van der Waals surface area contributed by atoms with Gasteiger partial charge in [-0.2, -0.15) is 0 Å². The second kappa shape index (κ2) is 12.3. The molecule has 0 saturated heterocycles. The fraction of sp³-hybridized carbons (Fsp3) is 0. The fourth-order valence-electron chi connectivity index (χ4n) is 7.14. The smallest absolute Gasteiger partial charge is 0.0619 e. The molecule has 8 aromatic carbocycles. The first-order valence-corrected chi connectivity index (χ1v) is 16.8. The van der Waals surface area contributed by atoms with Gasteiger partial charge in [-0.05, 0) is 80.4 Å². The molecule has 9 rings (SSSR count). The summed E-state index contributed by atoms with van der Waals surface area (Å²) < 4.78 is 2.45. The summed E-state index contributed by atoms with van der Waals surface area (Å²) >= 11 is 0. The maximum Gasteiger partial charge on any atom is 0.0619 e. The molecule has 0 bridgehead atoms. The zero-order chi connectivity index (χ0) is 32.6. The normalized spacial score (nSPS) is 11.3. The van der Waals surface area contributed by atoms with Crippen molar-refractivity contribution in [2.45, 2.75) is 0 Å². The van der Waals surface area contributed by atoms with Gasteiger partial charge in [-0.25, -0.2) is 0 Å². The Balaban J connectivity index is 1.20. The van der Waals surface area contributed by atoms with E-state index in [1.165, 1.54) is 77.4 Å². The van der Waals surface area contributed by atoms with Crippen LogP contribution in [0.3, 0.4) is 0 Å². The topological polar surface area (TPSA) is 4.93 Å². The summed E-state index contributed by atoms with van der Waals surface area (Å²) in [6, 6.07) is 72.3. The van der Waals surface area contributed by atoms with Gasteiger partial charge in [0.2, 0.25) is 0 Å². The van der Waals surface area contributed by atoms with Crippen molar-refractivity contribution in [3.63, 3.8) is 0 Å². The average molecular weight is 624 g/mol. The van der Waals surface area contributed by atoms with Gasteiger partial charge in [-0.1, -0.05) is 170 Å². The van der Waals surface area contributed by atoms with E-state index in [0.717, 1.165) is 5.69 Å². The van der Waals surface area contributed by atoms with Gasteiger partial charge in [0.1, 0.15) is 0 Å². The molecule has 1 heterocycles. The fourth-order valence-corrected chi connectivity index (χ4v) is 7.14. The van der Waals surface area contributed by atoms with Crippen molar-refractivity contribution in [3.05, 3.63) is 200 Å². The molecule has 1 nitrogen and oxygen atoms in total. The zero-order valence-corrected chi connectivity index (χ0v) is 27.0. The van der Waals surface area contributed by atoms with Crippen molar-refractivity contribution in [2.75, 3.05) is 0 Å². The first-order valence-electron chi connectivity index (χ1n) is 16.8. The molecule has 0 N–H and O–H groups in total. The molecule has 0 radical (unpaired) electrons. The second-order valence-corrected chi connectivity index (χ2v) is 12.6. The van der Waals surface area contributed by atoms with Gasteiger partial charge in [-0.15, -0.1) is 0 Å². The lowest BCUT2D eigenvalue weighted by atomic mass is 9.94. The Bertz CT molecular complexity index is 2530. The zero-order valence-electron chi connectivity index (χ0n) is 27.0. The second-order valence-electron chi connectivity index (χ2n) is 12.6. The van der Waals surface area contributed by atoms with Crippen LogP contribution >= 0.6 is 0 Å². The highest BCUT2D eigenvalue weighted by Crippen LogP contribution is 2.42. The van der Waals surface area contributed by atoms with Gasteiger partial charge in [0.05, 0.1) is 11.0 Å². The third-order valence-corrected chi connectivity index (χ3v) is 9.63. The van der Waals surface area contributed by atoms with Crippen molar-refractivity contribution in [1.29, 1.82) is 0 Å². The molecule has 0 aliphatic heterocycles. The van der Waals surface area contributed by atoms with Crippen LogP contribution in [0.2, 0.25) is 0 Å². The van der Waals surface area contributed by atoms with Crippen molar-refractivity contribution in [2.24, 2.45) is 0 Å². The van der Waals surface area contributed by atoms with Gasteiger partial charge in [-0.3, -0.25) is 0 Å². The van der Waals surface area contributed by atoms with Crippen molar-refractivity contribution >= 4 is 21.8 Å². The number of fused-ring (bicyclic) bond motifs is 3. The summed E-state index contributed by atoms with van der Waals surface area (Å²) in [6.07, 6.45) is 0. The Labute approximate surface area is 287 Å². The predicted octanol–water partition coefficient (Wildman–Crippen LogP) is 13.1. The number of para-hydroxylation sites is 1. The van der Waals surface area contributed by atoms with Crippen LogP contribution in [0, 0.1) is 0 Å². The Hall–Kier alpha value is -6.44. The predicted molar refractivity (Wildman–Crippen MR) is 208 cm³/mol. The quantitative estimate of drug-likeness (QED) is 0.174. The number of aromatic nitrogens is 1. The number of nitrogens with zero attached hydrogens (tertiary/aromatic N) is 1. The van der Waals surface area contributed by atoms with E-state index in [4.69, 9.17) is 0 Å². The lowest BCUT2D eigenvalue weighted by Crippen LogP contribution is -1.96. The minimum atomic E-state index is 1.14. The highest BCUT2D eigenvalue weighted by Gasteiger charge is 2.19. The lowest BCUT2D eigenvalue weighted by Gasteiger charge is -2.15. The van der Waals surface area contributed by atoms with E-state index < -0.39 is 0 Å². The summed E-state index contributed by atoms with van der Waals surface area (Å²) in [5.41, 5.74) is 15.7. The van der Waals surface area contributed by atoms with Crippen LogP contribution in [0.5, 0.6) is 0 Å². The average Bonchev–Trinajstić information content (AvgIpc) is 3.53. The van der Waals surface area contributed by atoms with E-state index in [2.05, 4.69) is 205 Å². The molecule has 230 valence electrons. The molecule has 49 heavy (non-hydrogen) atoms. The highest BCUT2D eigenvalue weighted by molar-refractivity contribution is 6.15. The Morgan fingerprint density at radius 2 is 0.653 bits per heavy atom. The monoisotopic (exact) mass is 623 g/mol. The molecular weight excluding hydrogens is 591 g/mol. The van der Waals surface area contributed by atoms with E-state index in [1.807, 2.05) is 0 Å². The van der Waals surface area contributed by atoms with Gasteiger partial charge >= 0.3 is 0 Å². The van der Waals surface area contributed by atoms with E-state index in [1.54, 1.807) is 0 Å². The first kappa shape index (κ1) is 28.8. The van der Waals surface area contributed by atoms with Gasteiger partial charge < -0.3 is 4.57 Å². The molecule has 1 heteroatoms. The molecule has 0 amide bonds. The van der Waals surface area contributed by atoms with E-state index in [-0.39, 0.29) is 0 Å². The van der Waals surface area contributed by atoms with Crippen LogP contribution in [0.25, 0.3) is 83.1 Å². The summed E-state index contributed by atoms with van der Waals surface area (Å²) in [7, 11) is 0. The third-order valence-electron chi connectivity index (χ3n) is 9.63. The largest absolute Gasteiger partial charge is 0.309 e. The molecule has 0 atom stereocenters. The first-order chi connectivity index (χ1) is 24.3. The number of benzene rings is 8. The Kier molecular flexibility index (Phi) is 7.22. The van der Waals surface area contributed by atoms with Gasteiger partial charge in [0, 0.05) is 22.0 Å². The van der Waals surface area contributed by atoms with Crippen molar-refractivity contribution in [1.82, 2.24) is 4.57 Å². The Morgan fingerprint density at radius 3 is 1.16 bits per heavy atom. The van der Waals surface area contributed by atoms with E-state index >= 15 is 0 Å². The molecule has 0 spiro atoms. The molecule has 9 aromatic rings. The molecule has 0 saturated carbocycles. The molecule has 0 unspecified atom stereocenters. The van der Waals surface area contributed by atoms with Crippen LogP contribution < -0.4 is 0 Å². The molecule has 0 fully saturated rings. The van der Waals surface area contributed by atoms with Crippen molar-refractivity contribution in [3.8, 4) is 61.3 Å². The van der Waals surface area contributed by atoms with E-state index in [9.17, 15) is 0 Å². The third kappa shape index (κ3) is 5.32. The highest BCUT2D eigenvalue weighted by atomic mass is 15.0. The van der Waals surface area contributed by atoms with Crippen LogP contribution in [-0.2, 0) is 0 Å².